The van der Waals surface area contributed by atoms with Gasteiger partial charge in [0.1, 0.15) is 79.4 Å². The first kappa shape index (κ1) is 29.3. The lowest BCUT2D eigenvalue weighted by molar-refractivity contribution is -0.306. The summed E-state index contributed by atoms with van der Waals surface area (Å²) in [5.74, 6) is -1.54. The van der Waals surface area contributed by atoms with E-state index in [1.54, 1.807) is 0 Å². The van der Waals surface area contributed by atoms with Gasteiger partial charge in [-0.2, -0.15) is 0 Å². The van der Waals surface area contributed by atoms with Crippen LogP contribution >= 0.6 is 0 Å². The first-order valence-electron chi connectivity index (χ1n) is 10.3. The van der Waals surface area contributed by atoms with E-state index in [9.17, 15) is 61.0 Å². The molecule has 2 rings (SSSR count). The summed E-state index contributed by atoms with van der Waals surface area (Å²) in [6.45, 7) is -2.19. The van der Waals surface area contributed by atoms with E-state index >= 15 is 0 Å². The third-order valence-electron chi connectivity index (χ3n) is 5.78. The lowest BCUT2D eigenvalue weighted by Gasteiger charge is -2.40. The Hall–Kier alpha value is -0.930. The van der Waals surface area contributed by atoms with Gasteiger partial charge in [-0.05, 0) is 0 Å². The first-order chi connectivity index (χ1) is 15.8. The number of hydrogen-bond acceptors (Lipinski definition) is 16. The number of aliphatic hydroxyl groups is 12. The van der Waals surface area contributed by atoms with Gasteiger partial charge in [0.2, 0.25) is 0 Å². The highest BCUT2D eigenvalue weighted by molar-refractivity contribution is 5.88. The molecule has 0 aromatic rings. The molecular weight excluding hydrogens is 472 g/mol. The van der Waals surface area contributed by atoms with Gasteiger partial charge in [0.15, 0.2) is 12.1 Å². The van der Waals surface area contributed by atoms with Crippen LogP contribution in [0, 0.1) is 0 Å². The third-order valence-corrected chi connectivity index (χ3v) is 5.78. The van der Waals surface area contributed by atoms with Crippen LogP contribution in [0.5, 0.6) is 0 Å². The summed E-state index contributed by atoms with van der Waals surface area (Å²) < 4.78 is 14.9. The molecule has 0 amide bonds. The number of aliphatic hydroxyl groups excluding tert-OH is 12. The van der Waals surface area contributed by atoms with E-state index in [4.69, 9.17) is 19.3 Å². The van der Waals surface area contributed by atoms with Gasteiger partial charge in [0, 0.05) is 0 Å². The average molecular weight is 504 g/mol. The van der Waals surface area contributed by atoms with Crippen LogP contribution in [-0.4, -0.2) is 173 Å². The smallest absolute Gasteiger partial charge is 0.195 e. The summed E-state index contributed by atoms with van der Waals surface area (Å²) >= 11 is 0. The predicted octanol–water partition coefficient (Wildman–Crippen LogP) is -8.34. The number of hydrogen-bond donors (Lipinski definition) is 12. The van der Waals surface area contributed by atoms with Crippen molar-refractivity contribution in [1.82, 2.24) is 0 Å². The first-order valence-corrected chi connectivity index (χ1v) is 10.3. The minimum Gasteiger partial charge on any atom is -0.394 e. The molecule has 2 fully saturated rings. The molecule has 0 spiro atoms. The number of rotatable bonds is 10. The summed E-state index contributed by atoms with van der Waals surface area (Å²) in [5.41, 5.74) is 0. The number of ketones is 1. The SMILES string of the molecule is O=C(C(O)[C@H]1OC[C@H](O)[C@@H](O)[C@@H]1O)[C@H](O)[C@@H](O)[C@H](O)[C@H](O)CO[C@H]1O[C@H](CO)[C@@H](O)[C@H](O)[C@H]1O. The second-order valence-electron chi connectivity index (χ2n) is 8.22. The molecule has 0 saturated carbocycles. The van der Waals surface area contributed by atoms with Gasteiger partial charge in [0.25, 0.3) is 0 Å². The Morgan fingerprint density at radius 1 is 0.853 bits per heavy atom. The molecule has 200 valence electrons. The number of Topliss-reactive ketones (excluding diaryl/α,β-unsaturated/α-hetero) is 1. The van der Waals surface area contributed by atoms with E-state index in [1.807, 2.05) is 0 Å². The minimum atomic E-state index is -2.51. The molecule has 0 aromatic carbocycles. The summed E-state index contributed by atoms with van der Waals surface area (Å²) in [5, 5.41) is 118. The topological polar surface area (TPSA) is 288 Å². The Kier molecular flexibility index (Phi) is 10.6. The zero-order valence-electron chi connectivity index (χ0n) is 17.7. The van der Waals surface area contributed by atoms with E-state index in [0.29, 0.717) is 0 Å². The zero-order chi connectivity index (χ0) is 25.9. The standard InChI is InChI=1S/C18H32O16/c19-1-6-9(24)11(26)16(31)18(34-6)33-3-5(21)7(22)10(25)12(27)13(28)15(30)17-14(29)8(23)4(20)2-32-17/h4-12,14-27,29-31H,1-3H2/t4-,5+,6+,7+,8+,9+,10-,11-,12+,14-,15?,16+,17-,18-/m0/s1. The van der Waals surface area contributed by atoms with Crippen LogP contribution in [0.3, 0.4) is 0 Å². The van der Waals surface area contributed by atoms with Crippen molar-refractivity contribution in [2.24, 2.45) is 0 Å². The van der Waals surface area contributed by atoms with Gasteiger partial charge in [0.05, 0.1) is 19.8 Å². The van der Waals surface area contributed by atoms with Gasteiger partial charge < -0.3 is 75.5 Å². The molecule has 16 nitrogen and oxygen atoms in total. The minimum absolute atomic E-state index is 0.553. The number of carbonyl (C=O) groups excluding carboxylic acids is 1. The number of ether oxygens (including phenoxy) is 3. The molecule has 12 N–H and O–H groups in total. The largest absolute Gasteiger partial charge is 0.394 e. The van der Waals surface area contributed by atoms with Crippen LogP contribution in [0.1, 0.15) is 0 Å². The van der Waals surface area contributed by atoms with Crippen LogP contribution < -0.4 is 0 Å². The monoisotopic (exact) mass is 504 g/mol. The summed E-state index contributed by atoms with van der Waals surface area (Å²) in [6, 6.07) is 0. The summed E-state index contributed by atoms with van der Waals surface area (Å²) in [4.78, 5) is 12.3. The van der Waals surface area contributed by atoms with Crippen molar-refractivity contribution in [3.63, 3.8) is 0 Å². The fourth-order valence-corrected chi connectivity index (χ4v) is 3.52. The predicted molar refractivity (Wildman–Crippen MR) is 103 cm³/mol. The molecule has 34 heavy (non-hydrogen) atoms. The summed E-state index contributed by atoms with van der Waals surface area (Å²) in [7, 11) is 0. The molecule has 16 heteroatoms. The van der Waals surface area contributed by atoms with Crippen molar-refractivity contribution in [2.75, 3.05) is 19.8 Å². The molecule has 1 unspecified atom stereocenters. The second kappa shape index (κ2) is 12.3. The maximum absolute atomic E-state index is 12.3. The fraction of sp³-hybridized carbons (Fsp3) is 0.944. The molecular formula is C18H32O16. The van der Waals surface area contributed by atoms with Gasteiger partial charge in [-0.3, -0.25) is 4.79 Å². The molecule has 2 aliphatic rings. The quantitative estimate of drug-likeness (QED) is 0.131. The van der Waals surface area contributed by atoms with E-state index in [0.717, 1.165) is 0 Å². The van der Waals surface area contributed by atoms with E-state index < -0.39 is 111 Å². The van der Waals surface area contributed by atoms with E-state index in [-0.39, 0.29) is 0 Å². The van der Waals surface area contributed by atoms with Crippen LogP contribution in [-0.2, 0) is 19.0 Å². The van der Waals surface area contributed by atoms with Crippen molar-refractivity contribution >= 4 is 5.78 Å². The molecule has 2 saturated heterocycles. The highest BCUT2D eigenvalue weighted by Gasteiger charge is 2.47. The molecule has 0 aliphatic carbocycles. The van der Waals surface area contributed by atoms with Crippen LogP contribution in [0.2, 0.25) is 0 Å². The molecule has 14 atom stereocenters. The lowest BCUT2D eigenvalue weighted by atomic mass is 9.90. The van der Waals surface area contributed by atoms with Crippen molar-refractivity contribution in [1.29, 1.82) is 0 Å². The Bertz CT molecular complexity index is 649. The molecule has 0 radical (unpaired) electrons. The Morgan fingerprint density at radius 2 is 1.47 bits per heavy atom. The number of carbonyl (C=O) groups is 1. The van der Waals surface area contributed by atoms with Crippen molar-refractivity contribution in [3.8, 4) is 0 Å². The van der Waals surface area contributed by atoms with E-state index in [2.05, 4.69) is 0 Å². The third kappa shape index (κ3) is 6.25. The zero-order valence-corrected chi connectivity index (χ0v) is 17.7. The van der Waals surface area contributed by atoms with Crippen molar-refractivity contribution < 1.29 is 80.3 Å². The van der Waals surface area contributed by atoms with Crippen molar-refractivity contribution in [2.45, 2.75) is 85.6 Å². The Labute approximate surface area is 192 Å². The maximum Gasteiger partial charge on any atom is 0.195 e. The van der Waals surface area contributed by atoms with Gasteiger partial charge >= 0.3 is 0 Å². The van der Waals surface area contributed by atoms with Crippen LogP contribution in [0.25, 0.3) is 0 Å². The van der Waals surface area contributed by atoms with Crippen molar-refractivity contribution in [3.05, 3.63) is 0 Å². The van der Waals surface area contributed by atoms with Crippen LogP contribution in [0.15, 0.2) is 0 Å². The molecule has 2 aliphatic heterocycles. The Morgan fingerprint density at radius 3 is 2.06 bits per heavy atom. The molecule has 2 heterocycles. The molecule has 0 aromatic heterocycles. The highest BCUT2D eigenvalue weighted by atomic mass is 16.7. The van der Waals surface area contributed by atoms with Gasteiger partial charge in [-0.1, -0.05) is 0 Å². The van der Waals surface area contributed by atoms with E-state index in [1.165, 1.54) is 0 Å². The second-order valence-corrected chi connectivity index (χ2v) is 8.22. The maximum atomic E-state index is 12.3. The normalized spacial score (nSPS) is 41.4. The fourth-order valence-electron chi connectivity index (χ4n) is 3.52. The van der Waals surface area contributed by atoms with Gasteiger partial charge in [-0.15, -0.1) is 0 Å². The Balaban J connectivity index is 1.93. The lowest BCUT2D eigenvalue weighted by Crippen LogP contribution is -2.61. The van der Waals surface area contributed by atoms with Crippen LogP contribution in [0.4, 0.5) is 0 Å². The highest BCUT2D eigenvalue weighted by Crippen LogP contribution is 2.23. The molecule has 0 bridgehead atoms. The van der Waals surface area contributed by atoms with Gasteiger partial charge in [-0.25, -0.2) is 0 Å². The average Bonchev–Trinajstić information content (AvgIpc) is 2.83. The summed E-state index contributed by atoms with van der Waals surface area (Å²) in [6.07, 6.45) is -26.7.